The Bertz CT molecular complexity index is 949. The van der Waals surface area contributed by atoms with Crippen LogP contribution >= 0.6 is 20.9 Å². The van der Waals surface area contributed by atoms with Gasteiger partial charge in [-0.1, -0.05) is 0 Å². The fourth-order valence-electron chi connectivity index (χ4n) is 3.64. The van der Waals surface area contributed by atoms with Gasteiger partial charge in [0.15, 0.2) is 0 Å². The predicted molar refractivity (Wildman–Crippen MR) is 129 cm³/mol. The fraction of sp³-hybridized carbons (Fsp3) is 0.0400. The van der Waals surface area contributed by atoms with Crippen LogP contribution in [0.3, 0.4) is 0 Å². The number of anilines is 1. The number of halogens is 1. The van der Waals surface area contributed by atoms with Crippen LogP contribution < -0.4 is 21.0 Å². The van der Waals surface area contributed by atoms with Crippen molar-refractivity contribution in [2.24, 2.45) is 0 Å². The molecule has 0 bridgehead atoms. The van der Waals surface area contributed by atoms with Crippen molar-refractivity contribution in [2.45, 2.75) is 6.92 Å². The van der Waals surface area contributed by atoms with E-state index in [2.05, 4.69) is 143 Å². The molecule has 0 radical (unpaired) electrons. The molecule has 0 heterocycles. The van der Waals surface area contributed by atoms with Crippen molar-refractivity contribution in [3.8, 4) is 0 Å². The second kappa shape index (κ2) is 7.54. The van der Waals surface area contributed by atoms with E-state index in [0.717, 1.165) is 5.69 Å². The molecular weight excluding hydrogens is 425 g/mol. The van der Waals surface area contributed by atoms with Crippen molar-refractivity contribution in [1.29, 1.82) is 0 Å². The predicted octanol–water partition coefficient (Wildman–Crippen LogP) is 6.16. The average Bonchev–Trinajstić information content (AvgIpc) is 2.77. The molecule has 0 saturated carbocycles. The Hall–Kier alpha value is -2.41. The molecule has 3 heteroatoms. The van der Waals surface area contributed by atoms with Crippen LogP contribution in [0.5, 0.6) is 0 Å². The van der Waals surface area contributed by atoms with Crippen LogP contribution in [0.1, 0.15) is 5.56 Å². The van der Waals surface area contributed by atoms with Gasteiger partial charge in [-0.3, -0.25) is 0 Å². The monoisotopic (exact) mass is 447 g/mol. The number of rotatable bonds is 5. The molecule has 1 N–H and O–H groups in total. The van der Waals surface area contributed by atoms with E-state index in [9.17, 15) is 0 Å². The van der Waals surface area contributed by atoms with E-state index in [1.807, 2.05) is 0 Å². The summed E-state index contributed by atoms with van der Waals surface area (Å²) < 4.78 is 0. The molecule has 0 amide bonds. The van der Waals surface area contributed by atoms with Gasteiger partial charge in [0, 0.05) is 0 Å². The summed E-state index contributed by atoms with van der Waals surface area (Å²) in [6.45, 7) is 2.11. The van der Waals surface area contributed by atoms with Crippen LogP contribution in [0.25, 0.3) is 0 Å². The molecule has 0 aliphatic carbocycles. The van der Waals surface area contributed by atoms with Crippen molar-refractivity contribution < 1.29 is 0 Å². The van der Waals surface area contributed by atoms with Crippen LogP contribution in [0.2, 0.25) is 0 Å². The minimum absolute atomic E-state index is 1.09. The molecule has 0 fully saturated rings. The molecular formula is C25H23BrNP. The Kier molecular flexibility index (Phi) is 5.10. The standard InChI is InChI=1S/C25H23BrNP/c1-21-17-19-22(20-18-21)27-28(26,23-11-5-2-6-12-23,24-13-7-3-8-14-24)25-15-9-4-10-16-25/h2-20,27H,1H3. The topological polar surface area (TPSA) is 12.0 Å². The molecule has 0 spiro atoms. The van der Waals surface area contributed by atoms with E-state index >= 15 is 0 Å². The van der Waals surface area contributed by atoms with Crippen molar-refractivity contribution >= 4 is 42.5 Å². The van der Waals surface area contributed by atoms with Crippen LogP contribution in [-0.4, -0.2) is 0 Å². The van der Waals surface area contributed by atoms with Crippen LogP contribution in [-0.2, 0) is 0 Å². The molecule has 4 aromatic rings. The molecule has 28 heavy (non-hydrogen) atoms. The third-order valence-electron chi connectivity index (χ3n) is 5.11. The molecule has 0 atom stereocenters. The Morgan fingerprint density at radius 1 is 0.536 bits per heavy atom. The van der Waals surface area contributed by atoms with Crippen molar-refractivity contribution in [1.82, 2.24) is 0 Å². The van der Waals surface area contributed by atoms with Gasteiger partial charge in [0.2, 0.25) is 0 Å². The number of hydrogen-bond acceptors (Lipinski definition) is 1. The van der Waals surface area contributed by atoms with Crippen LogP contribution in [0.15, 0.2) is 115 Å². The molecule has 0 aliphatic heterocycles. The molecule has 140 valence electrons. The minimum atomic E-state index is -3.13. The third-order valence-corrected chi connectivity index (χ3v) is 13.8. The molecule has 4 aromatic carbocycles. The van der Waals surface area contributed by atoms with Gasteiger partial charge < -0.3 is 0 Å². The van der Waals surface area contributed by atoms with E-state index in [1.54, 1.807) is 0 Å². The first-order valence-corrected chi connectivity index (χ1v) is 13.6. The van der Waals surface area contributed by atoms with E-state index in [4.69, 9.17) is 0 Å². The number of aryl methyl sites for hydroxylation is 1. The van der Waals surface area contributed by atoms with Gasteiger partial charge in [-0.15, -0.1) is 0 Å². The first-order valence-electron chi connectivity index (χ1n) is 9.37. The summed E-state index contributed by atoms with van der Waals surface area (Å²) in [4.78, 5) is 0. The van der Waals surface area contributed by atoms with E-state index in [1.165, 1.54) is 21.5 Å². The number of hydrogen-bond donors (Lipinski definition) is 1. The van der Waals surface area contributed by atoms with Gasteiger partial charge in [0.25, 0.3) is 0 Å². The molecule has 4 rings (SSSR count). The zero-order valence-corrected chi connectivity index (χ0v) is 18.3. The second-order valence-corrected chi connectivity index (χ2v) is 15.0. The normalized spacial score (nSPS) is 12.7. The van der Waals surface area contributed by atoms with Gasteiger partial charge in [-0.05, 0) is 0 Å². The molecule has 1 nitrogen and oxygen atoms in total. The Balaban J connectivity index is 2.07. The van der Waals surface area contributed by atoms with Crippen molar-refractivity contribution in [3.05, 3.63) is 121 Å². The second-order valence-electron chi connectivity index (χ2n) is 6.99. The van der Waals surface area contributed by atoms with Gasteiger partial charge >= 0.3 is 175 Å². The maximum atomic E-state index is 4.39. The molecule has 0 unspecified atom stereocenters. The average molecular weight is 448 g/mol. The van der Waals surface area contributed by atoms with E-state index in [-0.39, 0.29) is 0 Å². The van der Waals surface area contributed by atoms with E-state index in [0.29, 0.717) is 0 Å². The Morgan fingerprint density at radius 2 is 0.893 bits per heavy atom. The zero-order valence-electron chi connectivity index (χ0n) is 15.8. The van der Waals surface area contributed by atoms with Gasteiger partial charge in [0.05, 0.1) is 0 Å². The number of nitrogens with one attached hydrogen (secondary N) is 1. The first-order chi connectivity index (χ1) is 13.6. The van der Waals surface area contributed by atoms with Crippen molar-refractivity contribution in [3.63, 3.8) is 0 Å². The molecule has 0 aromatic heterocycles. The zero-order chi connectivity index (χ0) is 19.5. The third kappa shape index (κ3) is 3.17. The number of benzene rings is 4. The van der Waals surface area contributed by atoms with Gasteiger partial charge in [-0.25, -0.2) is 0 Å². The maximum absolute atomic E-state index is 4.39. The summed E-state index contributed by atoms with van der Waals surface area (Å²) in [5, 5.41) is 7.72. The fourth-order valence-corrected chi connectivity index (χ4v) is 10.5. The quantitative estimate of drug-likeness (QED) is 0.361. The summed E-state index contributed by atoms with van der Waals surface area (Å²) in [6.07, 6.45) is 0. The summed E-state index contributed by atoms with van der Waals surface area (Å²) in [5.41, 5.74) is -0.791. The molecule has 0 aliphatic rings. The summed E-state index contributed by atoms with van der Waals surface area (Å²) in [6, 6.07) is 40.8. The van der Waals surface area contributed by atoms with E-state index < -0.39 is 5.46 Å². The summed E-state index contributed by atoms with van der Waals surface area (Å²) in [5.74, 6) is 0. The van der Waals surface area contributed by atoms with Crippen molar-refractivity contribution in [2.75, 3.05) is 5.09 Å². The molecule has 0 saturated heterocycles. The van der Waals surface area contributed by atoms with Crippen LogP contribution in [0.4, 0.5) is 5.69 Å². The summed E-state index contributed by atoms with van der Waals surface area (Å²) in [7, 11) is 0. The Morgan fingerprint density at radius 3 is 1.25 bits per heavy atom. The summed E-state index contributed by atoms with van der Waals surface area (Å²) >= 11 is 4.39. The Labute approximate surface area is 175 Å². The van der Waals surface area contributed by atoms with Gasteiger partial charge in [-0.2, -0.15) is 0 Å². The van der Waals surface area contributed by atoms with Gasteiger partial charge in [0.1, 0.15) is 0 Å². The first kappa shape index (κ1) is 18.9. The van der Waals surface area contributed by atoms with Crippen LogP contribution in [0, 0.1) is 6.92 Å². The SMILES string of the molecule is Cc1ccc(NP(Br)(c2ccccc2)(c2ccccc2)c2ccccc2)cc1.